The summed E-state index contributed by atoms with van der Waals surface area (Å²) >= 11 is 2.95. The number of aromatic nitrogens is 2. The number of thiazole rings is 2. The summed E-state index contributed by atoms with van der Waals surface area (Å²) < 4.78 is 13.1. The van der Waals surface area contributed by atoms with Gasteiger partial charge in [-0.05, 0) is 43.5 Å². The van der Waals surface area contributed by atoms with Crippen molar-refractivity contribution in [1.82, 2.24) is 15.3 Å². The second kappa shape index (κ2) is 7.22. The summed E-state index contributed by atoms with van der Waals surface area (Å²) in [4.78, 5) is 22.5. The van der Waals surface area contributed by atoms with E-state index in [1.165, 1.54) is 23.5 Å². The number of hydrogen-bond acceptors (Lipinski definition) is 6. The van der Waals surface area contributed by atoms with Crippen LogP contribution >= 0.6 is 22.7 Å². The van der Waals surface area contributed by atoms with Gasteiger partial charge in [-0.1, -0.05) is 0 Å². The molecule has 0 aliphatic heterocycles. The second-order valence-corrected chi connectivity index (χ2v) is 8.06. The lowest BCUT2D eigenvalue weighted by atomic mass is 9.98. The lowest BCUT2D eigenvalue weighted by molar-refractivity contribution is 0.0929. The molecule has 0 saturated heterocycles. The number of rotatable bonds is 4. The quantitative estimate of drug-likeness (QED) is 0.715. The minimum absolute atomic E-state index is 0.0685. The first kappa shape index (κ1) is 17.3. The van der Waals surface area contributed by atoms with E-state index in [0.29, 0.717) is 12.2 Å². The van der Waals surface area contributed by atoms with Crippen LogP contribution in [0.25, 0.3) is 10.6 Å². The van der Waals surface area contributed by atoms with Gasteiger partial charge in [0.05, 0.1) is 16.6 Å². The summed E-state index contributed by atoms with van der Waals surface area (Å²) in [5.74, 6) is -0.448. The number of halogens is 1. The van der Waals surface area contributed by atoms with E-state index < -0.39 is 0 Å². The van der Waals surface area contributed by atoms with Crippen molar-refractivity contribution in [3.8, 4) is 10.6 Å². The number of amides is 1. The van der Waals surface area contributed by atoms with Crippen LogP contribution < -0.4 is 11.1 Å². The van der Waals surface area contributed by atoms with Crippen LogP contribution in [0.3, 0.4) is 0 Å². The van der Waals surface area contributed by atoms with Gasteiger partial charge >= 0.3 is 0 Å². The summed E-state index contributed by atoms with van der Waals surface area (Å²) in [7, 11) is 0. The number of hydrogen-bond donors (Lipinski definition) is 2. The minimum atomic E-state index is -0.264. The van der Waals surface area contributed by atoms with Crippen molar-refractivity contribution in [3.63, 3.8) is 0 Å². The van der Waals surface area contributed by atoms with E-state index in [4.69, 9.17) is 10.7 Å². The highest BCUT2D eigenvalue weighted by molar-refractivity contribution is 7.15. The highest BCUT2D eigenvalue weighted by Gasteiger charge is 2.27. The fraction of sp³-hybridized carbons (Fsp3) is 0.278. The molecule has 0 radical (unpaired) electrons. The molecule has 1 aliphatic carbocycles. The topological polar surface area (TPSA) is 80.9 Å². The molecule has 4 rings (SSSR count). The lowest BCUT2D eigenvalue weighted by Gasteiger charge is -2.21. The number of nitrogens with zero attached hydrogens (tertiary/aromatic N) is 2. The van der Waals surface area contributed by atoms with E-state index in [-0.39, 0.29) is 17.8 Å². The van der Waals surface area contributed by atoms with Crippen LogP contribution in [0.5, 0.6) is 0 Å². The maximum atomic E-state index is 13.1. The van der Waals surface area contributed by atoms with Crippen molar-refractivity contribution < 1.29 is 9.18 Å². The zero-order valence-corrected chi connectivity index (χ0v) is 15.5. The second-order valence-electron chi connectivity index (χ2n) is 6.09. The monoisotopic (exact) mass is 388 g/mol. The summed E-state index contributed by atoms with van der Waals surface area (Å²) in [5, 5.41) is 6.41. The SMILES string of the molecule is NCc1nc(C(=O)NC2CCCc3nc(-c4ccc(F)cc4)sc32)cs1. The van der Waals surface area contributed by atoms with Gasteiger partial charge in [0.25, 0.3) is 5.91 Å². The predicted molar refractivity (Wildman–Crippen MR) is 101 cm³/mol. The molecule has 2 heterocycles. The predicted octanol–water partition coefficient (Wildman–Crippen LogP) is 3.67. The smallest absolute Gasteiger partial charge is 0.271 e. The Hall–Kier alpha value is -2.16. The van der Waals surface area contributed by atoms with Crippen LogP contribution in [-0.4, -0.2) is 15.9 Å². The molecule has 8 heteroatoms. The van der Waals surface area contributed by atoms with Crippen LogP contribution in [-0.2, 0) is 13.0 Å². The van der Waals surface area contributed by atoms with E-state index >= 15 is 0 Å². The van der Waals surface area contributed by atoms with Crippen molar-refractivity contribution in [2.75, 3.05) is 0 Å². The normalized spacial score (nSPS) is 16.3. The van der Waals surface area contributed by atoms with Gasteiger partial charge in [-0.15, -0.1) is 22.7 Å². The van der Waals surface area contributed by atoms with Crippen molar-refractivity contribution in [2.45, 2.75) is 31.8 Å². The van der Waals surface area contributed by atoms with Gasteiger partial charge in [0.2, 0.25) is 0 Å². The Balaban J connectivity index is 1.57. The molecule has 1 aromatic carbocycles. The van der Waals surface area contributed by atoms with Crippen LogP contribution in [0.1, 0.15) is 45.0 Å². The number of nitrogens with one attached hydrogen (secondary N) is 1. The van der Waals surface area contributed by atoms with Crippen LogP contribution in [0, 0.1) is 5.82 Å². The first-order chi connectivity index (χ1) is 12.6. The van der Waals surface area contributed by atoms with Crippen LogP contribution in [0.4, 0.5) is 4.39 Å². The first-order valence-corrected chi connectivity index (χ1v) is 10.0. The molecule has 3 aromatic rings. The summed E-state index contributed by atoms with van der Waals surface area (Å²) in [6, 6.07) is 6.27. The van der Waals surface area contributed by atoms with Crippen molar-refractivity contribution in [1.29, 1.82) is 0 Å². The Morgan fingerprint density at radius 1 is 1.31 bits per heavy atom. The number of carbonyl (C=O) groups is 1. The highest BCUT2D eigenvalue weighted by Crippen LogP contribution is 2.38. The zero-order chi connectivity index (χ0) is 18.1. The number of fused-ring (bicyclic) bond motifs is 1. The Bertz CT molecular complexity index is 935. The van der Waals surface area contributed by atoms with Gasteiger partial charge in [0.1, 0.15) is 21.5 Å². The molecule has 2 aromatic heterocycles. The van der Waals surface area contributed by atoms with Gasteiger partial charge in [0, 0.05) is 17.5 Å². The molecule has 3 N–H and O–H groups in total. The standard InChI is InChI=1S/C18H17FN4OS2/c19-11-6-4-10(5-7-11)18-23-13-3-1-2-12(16(13)26-18)22-17(24)14-9-25-15(8-20)21-14/h4-7,9,12H,1-3,8,20H2,(H,22,24). The van der Waals surface area contributed by atoms with Crippen LogP contribution in [0.15, 0.2) is 29.6 Å². The lowest BCUT2D eigenvalue weighted by Crippen LogP contribution is -2.30. The number of nitrogens with two attached hydrogens (primary N) is 1. The molecule has 134 valence electrons. The molecule has 1 aliphatic rings. The third-order valence-electron chi connectivity index (χ3n) is 4.31. The summed E-state index contributed by atoms with van der Waals surface area (Å²) in [5.41, 5.74) is 7.88. The van der Waals surface area contributed by atoms with Crippen molar-refractivity contribution in [3.05, 3.63) is 56.7 Å². The molecule has 26 heavy (non-hydrogen) atoms. The third-order valence-corrected chi connectivity index (χ3v) is 6.44. The largest absolute Gasteiger partial charge is 0.343 e. The summed E-state index contributed by atoms with van der Waals surface area (Å²) in [6.07, 6.45) is 2.74. The molecule has 1 atom stereocenters. The van der Waals surface area contributed by atoms with E-state index in [1.807, 2.05) is 0 Å². The van der Waals surface area contributed by atoms with E-state index in [1.54, 1.807) is 28.8 Å². The maximum Gasteiger partial charge on any atom is 0.271 e. The van der Waals surface area contributed by atoms with Gasteiger partial charge in [0.15, 0.2) is 0 Å². The van der Waals surface area contributed by atoms with Gasteiger partial charge in [-0.25, -0.2) is 14.4 Å². The molecule has 5 nitrogen and oxygen atoms in total. The van der Waals surface area contributed by atoms with E-state index in [2.05, 4.69) is 10.3 Å². The maximum absolute atomic E-state index is 13.1. The fourth-order valence-electron chi connectivity index (χ4n) is 3.01. The fourth-order valence-corrected chi connectivity index (χ4v) is 4.87. The molecule has 1 unspecified atom stereocenters. The van der Waals surface area contributed by atoms with Gasteiger partial charge in [-0.2, -0.15) is 0 Å². The number of aryl methyl sites for hydroxylation is 1. The van der Waals surface area contributed by atoms with Crippen LogP contribution in [0.2, 0.25) is 0 Å². The Morgan fingerprint density at radius 3 is 2.85 bits per heavy atom. The van der Waals surface area contributed by atoms with E-state index in [9.17, 15) is 9.18 Å². The average Bonchev–Trinajstić information content (AvgIpc) is 3.30. The Labute approximate surface area is 158 Å². The zero-order valence-electron chi connectivity index (χ0n) is 13.9. The first-order valence-electron chi connectivity index (χ1n) is 8.35. The molecule has 0 bridgehead atoms. The molecular formula is C18H17FN4OS2. The number of benzene rings is 1. The summed E-state index contributed by atoms with van der Waals surface area (Å²) in [6.45, 7) is 0.335. The van der Waals surface area contributed by atoms with Crippen molar-refractivity contribution in [2.24, 2.45) is 5.73 Å². The van der Waals surface area contributed by atoms with E-state index in [0.717, 1.165) is 45.4 Å². The molecular weight excluding hydrogens is 371 g/mol. The molecule has 0 fully saturated rings. The Morgan fingerprint density at radius 2 is 2.12 bits per heavy atom. The van der Waals surface area contributed by atoms with Gasteiger partial charge < -0.3 is 11.1 Å². The molecule has 0 saturated carbocycles. The molecule has 1 amide bonds. The molecule has 0 spiro atoms. The third kappa shape index (κ3) is 3.40. The number of carbonyl (C=O) groups excluding carboxylic acids is 1. The Kier molecular flexibility index (Phi) is 4.80. The average molecular weight is 388 g/mol. The van der Waals surface area contributed by atoms with Gasteiger partial charge in [-0.3, -0.25) is 4.79 Å². The van der Waals surface area contributed by atoms with Crippen molar-refractivity contribution >= 4 is 28.6 Å². The highest BCUT2D eigenvalue weighted by atomic mass is 32.1. The minimum Gasteiger partial charge on any atom is -0.343 e.